The second-order valence-electron chi connectivity index (χ2n) is 5.61. The third-order valence-electron chi connectivity index (χ3n) is 3.66. The summed E-state index contributed by atoms with van der Waals surface area (Å²) >= 11 is 5.91. The van der Waals surface area contributed by atoms with Crippen LogP contribution in [0.1, 0.15) is 18.1 Å². The van der Waals surface area contributed by atoms with Gasteiger partial charge in [0.05, 0.1) is 7.11 Å². The van der Waals surface area contributed by atoms with Crippen molar-refractivity contribution in [3.63, 3.8) is 0 Å². The molecule has 0 saturated carbocycles. The summed E-state index contributed by atoms with van der Waals surface area (Å²) in [6.45, 7) is 1.79. The van der Waals surface area contributed by atoms with Crippen LogP contribution in [0.4, 0.5) is 4.39 Å². The SMILES string of the molecule is COc1ccc(C[C@@H](C)N[C@@](O)(C=O)c2cccc(Cl)c2)cc1F. The van der Waals surface area contributed by atoms with Crippen molar-refractivity contribution in [2.45, 2.75) is 25.1 Å². The average molecular weight is 352 g/mol. The molecule has 0 unspecified atom stereocenters. The molecule has 0 aliphatic rings. The van der Waals surface area contributed by atoms with Crippen molar-refractivity contribution in [1.29, 1.82) is 0 Å². The van der Waals surface area contributed by atoms with E-state index in [2.05, 4.69) is 5.32 Å². The van der Waals surface area contributed by atoms with Crippen LogP contribution in [0.2, 0.25) is 5.02 Å². The molecule has 0 spiro atoms. The van der Waals surface area contributed by atoms with Crippen LogP contribution in [0.15, 0.2) is 42.5 Å². The predicted octanol–water partition coefficient (Wildman–Crippen LogP) is 3.05. The van der Waals surface area contributed by atoms with Crippen molar-refractivity contribution in [2.24, 2.45) is 0 Å². The summed E-state index contributed by atoms with van der Waals surface area (Å²) in [5.74, 6) is -0.287. The van der Waals surface area contributed by atoms with Crippen LogP contribution >= 0.6 is 11.6 Å². The summed E-state index contributed by atoms with van der Waals surface area (Å²) in [5.41, 5.74) is -0.805. The van der Waals surface area contributed by atoms with Gasteiger partial charge in [-0.2, -0.15) is 0 Å². The Kier molecular flexibility index (Phi) is 5.94. The molecule has 0 bridgehead atoms. The second kappa shape index (κ2) is 7.75. The number of nitrogens with one attached hydrogen (secondary N) is 1. The van der Waals surface area contributed by atoms with Crippen LogP contribution in [-0.4, -0.2) is 24.5 Å². The number of halogens is 2. The predicted molar refractivity (Wildman–Crippen MR) is 90.7 cm³/mol. The number of ether oxygens (including phenoxy) is 1. The lowest BCUT2D eigenvalue weighted by Crippen LogP contribution is -2.49. The summed E-state index contributed by atoms with van der Waals surface area (Å²) in [5, 5.41) is 13.8. The van der Waals surface area contributed by atoms with Gasteiger partial charge in [0, 0.05) is 16.6 Å². The standard InChI is InChI=1S/C18H19ClFNO3/c1-12(8-13-6-7-17(24-2)16(20)9-13)21-18(23,11-22)14-4-3-5-15(19)10-14/h3-7,9-12,21,23H,8H2,1-2H3/t12-,18-/m1/s1. The maximum atomic E-state index is 13.7. The molecule has 0 heterocycles. The van der Waals surface area contributed by atoms with Gasteiger partial charge in [0.2, 0.25) is 0 Å². The van der Waals surface area contributed by atoms with Gasteiger partial charge < -0.3 is 9.84 Å². The first-order chi connectivity index (χ1) is 11.4. The fourth-order valence-electron chi connectivity index (χ4n) is 2.53. The molecule has 2 aromatic carbocycles. The molecule has 0 fully saturated rings. The molecule has 0 radical (unpaired) electrons. The minimum Gasteiger partial charge on any atom is -0.494 e. The van der Waals surface area contributed by atoms with Crippen LogP contribution in [-0.2, 0) is 16.9 Å². The Labute approximate surface area is 145 Å². The molecule has 24 heavy (non-hydrogen) atoms. The van der Waals surface area contributed by atoms with Crippen molar-refractivity contribution >= 4 is 17.9 Å². The van der Waals surface area contributed by atoms with E-state index in [9.17, 15) is 14.3 Å². The number of methoxy groups -OCH3 is 1. The number of hydrogen-bond donors (Lipinski definition) is 2. The lowest BCUT2D eigenvalue weighted by atomic mass is 10.0. The molecule has 6 heteroatoms. The number of carbonyl (C=O) groups excluding carboxylic acids is 1. The number of carbonyl (C=O) groups is 1. The first-order valence-electron chi connectivity index (χ1n) is 7.43. The Balaban J connectivity index is 2.13. The van der Waals surface area contributed by atoms with Crippen LogP contribution in [0.5, 0.6) is 5.75 Å². The first-order valence-corrected chi connectivity index (χ1v) is 7.80. The van der Waals surface area contributed by atoms with Crippen molar-refractivity contribution < 1.29 is 19.0 Å². The number of benzene rings is 2. The maximum absolute atomic E-state index is 13.7. The smallest absolute Gasteiger partial charge is 0.199 e. The Bertz CT molecular complexity index is 725. The van der Waals surface area contributed by atoms with Crippen molar-refractivity contribution in [3.05, 3.63) is 64.4 Å². The zero-order valence-electron chi connectivity index (χ0n) is 13.4. The van der Waals surface area contributed by atoms with E-state index in [1.807, 2.05) is 0 Å². The number of hydrogen-bond acceptors (Lipinski definition) is 4. The highest BCUT2D eigenvalue weighted by molar-refractivity contribution is 6.30. The van der Waals surface area contributed by atoms with Gasteiger partial charge in [-0.05, 0) is 43.2 Å². The highest BCUT2D eigenvalue weighted by atomic mass is 35.5. The number of aldehydes is 1. The minimum absolute atomic E-state index is 0.169. The molecule has 128 valence electrons. The molecule has 2 aromatic rings. The molecule has 0 amide bonds. The van der Waals surface area contributed by atoms with E-state index in [1.54, 1.807) is 37.3 Å². The van der Waals surface area contributed by atoms with Crippen LogP contribution < -0.4 is 10.1 Å². The first kappa shape index (κ1) is 18.4. The second-order valence-corrected chi connectivity index (χ2v) is 6.05. The van der Waals surface area contributed by atoms with E-state index < -0.39 is 11.5 Å². The zero-order valence-corrected chi connectivity index (χ0v) is 14.2. The van der Waals surface area contributed by atoms with E-state index >= 15 is 0 Å². The Hall–Kier alpha value is -1.95. The molecule has 0 aliphatic carbocycles. The molecule has 0 aromatic heterocycles. The molecular weight excluding hydrogens is 333 g/mol. The Morgan fingerprint density at radius 1 is 1.38 bits per heavy atom. The van der Waals surface area contributed by atoms with Crippen LogP contribution in [0, 0.1) is 5.82 Å². The molecule has 2 N–H and O–H groups in total. The van der Waals surface area contributed by atoms with Gasteiger partial charge in [0.1, 0.15) is 0 Å². The van der Waals surface area contributed by atoms with Gasteiger partial charge in [-0.3, -0.25) is 10.1 Å². The molecular formula is C18H19ClFNO3. The number of rotatable bonds is 7. The van der Waals surface area contributed by atoms with E-state index in [0.29, 0.717) is 28.9 Å². The largest absolute Gasteiger partial charge is 0.494 e. The Morgan fingerprint density at radius 2 is 2.12 bits per heavy atom. The van der Waals surface area contributed by atoms with E-state index in [1.165, 1.54) is 19.2 Å². The summed E-state index contributed by atoms with van der Waals surface area (Å²) in [6.07, 6.45) is 0.835. The molecule has 2 rings (SSSR count). The fourth-order valence-corrected chi connectivity index (χ4v) is 2.72. The number of aliphatic hydroxyl groups is 1. The molecule has 2 atom stereocenters. The van der Waals surface area contributed by atoms with E-state index in [0.717, 1.165) is 0 Å². The maximum Gasteiger partial charge on any atom is 0.199 e. The lowest BCUT2D eigenvalue weighted by molar-refractivity contribution is -0.129. The topological polar surface area (TPSA) is 58.6 Å². The van der Waals surface area contributed by atoms with Crippen molar-refractivity contribution in [3.8, 4) is 5.75 Å². The highest BCUT2D eigenvalue weighted by Gasteiger charge is 2.30. The van der Waals surface area contributed by atoms with E-state index in [4.69, 9.17) is 16.3 Å². The average Bonchev–Trinajstić information content (AvgIpc) is 2.54. The van der Waals surface area contributed by atoms with Crippen LogP contribution in [0.25, 0.3) is 0 Å². The monoisotopic (exact) mass is 351 g/mol. The quantitative estimate of drug-likeness (QED) is 0.594. The highest BCUT2D eigenvalue weighted by Crippen LogP contribution is 2.22. The normalized spacial score (nSPS) is 14.7. The van der Waals surface area contributed by atoms with Gasteiger partial charge in [-0.25, -0.2) is 4.39 Å². The molecule has 0 saturated heterocycles. The van der Waals surface area contributed by atoms with Gasteiger partial charge in [-0.15, -0.1) is 0 Å². The fraction of sp³-hybridized carbons (Fsp3) is 0.278. The van der Waals surface area contributed by atoms with Gasteiger partial charge >= 0.3 is 0 Å². The molecule has 0 aliphatic heterocycles. The summed E-state index contributed by atoms with van der Waals surface area (Å²) in [6, 6.07) is 10.8. The van der Waals surface area contributed by atoms with Gasteiger partial charge in [0.25, 0.3) is 0 Å². The summed E-state index contributed by atoms with van der Waals surface area (Å²) in [7, 11) is 1.40. The van der Waals surface area contributed by atoms with E-state index in [-0.39, 0.29) is 11.8 Å². The minimum atomic E-state index is -1.87. The molecule has 4 nitrogen and oxygen atoms in total. The van der Waals surface area contributed by atoms with Crippen molar-refractivity contribution in [1.82, 2.24) is 5.32 Å². The van der Waals surface area contributed by atoms with Gasteiger partial charge in [0.15, 0.2) is 23.6 Å². The summed E-state index contributed by atoms with van der Waals surface area (Å²) < 4.78 is 18.6. The van der Waals surface area contributed by atoms with Crippen molar-refractivity contribution in [2.75, 3.05) is 7.11 Å². The Morgan fingerprint density at radius 3 is 2.71 bits per heavy atom. The van der Waals surface area contributed by atoms with Crippen LogP contribution in [0.3, 0.4) is 0 Å². The third-order valence-corrected chi connectivity index (χ3v) is 3.89. The lowest BCUT2D eigenvalue weighted by Gasteiger charge is -2.28. The zero-order chi connectivity index (χ0) is 17.7. The summed E-state index contributed by atoms with van der Waals surface area (Å²) in [4.78, 5) is 11.4. The third kappa shape index (κ3) is 4.32. The van der Waals surface area contributed by atoms with Gasteiger partial charge in [-0.1, -0.05) is 29.8 Å².